The van der Waals surface area contributed by atoms with Crippen LogP contribution in [0.1, 0.15) is 17.1 Å². The Labute approximate surface area is 93.1 Å². The molecule has 0 saturated carbocycles. The first-order chi connectivity index (χ1) is 7.16. The van der Waals surface area contributed by atoms with Crippen molar-refractivity contribution in [3.63, 3.8) is 0 Å². The zero-order valence-corrected chi connectivity index (χ0v) is 9.78. The second-order valence-electron chi connectivity index (χ2n) is 3.83. The van der Waals surface area contributed by atoms with E-state index in [0.717, 1.165) is 35.2 Å². The number of carbonyl (C=O) groups is 1. The van der Waals surface area contributed by atoms with Gasteiger partial charge in [-0.15, -0.1) is 11.3 Å². The Bertz CT molecular complexity index is 369. The zero-order valence-electron chi connectivity index (χ0n) is 8.96. The molecule has 1 aromatic rings. The first-order valence-corrected chi connectivity index (χ1v) is 5.94. The number of nitrogens with zero attached hydrogens (tertiary/aromatic N) is 1. The topological polar surface area (TPSA) is 54.0 Å². The van der Waals surface area contributed by atoms with Gasteiger partial charge in [-0.05, 0) is 26.8 Å². The Kier molecular flexibility index (Phi) is 3.02. The van der Waals surface area contributed by atoms with Crippen LogP contribution >= 0.6 is 11.3 Å². The highest BCUT2D eigenvalue weighted by molar-refractivity contribution is 7.16. The maximum Gasteiger partial charge on any atom is 0.229 e. The first-order valence-electron chi connectivity index (χ1n) is 5.12. The number of hydrogen-bond donors (Lipinski definition) is 2. The molecule has 0 aromatic carbocycles. The lowest BCUT2D eigenvalue weighted by Crippen LogP contribution is -2.24. The normalized spacial score (nSPS) is 20.5. The lowest BCUT2D eigenvalue weighted by atomic mass is 10.1. The Balaban J connectivity index is 2.01. The van der Waals surface area contributed by atoms with Crippen molar-refractivity contribution in [3.05, 3.63) is 10.7 Å². The average molecular weight is 225 g/mol. The lowest BCUT2D eigenvalue weighted by molar-refractivity contribution is -0.119. The second kappa shape index (κ2) is 4.28. The van der Waals surface area contributed by atoms with Crippen molar-refractivity contribution >= 4 is 22.2 Å². The maximum absolute atomic E-state index is 11.8. The summed E-state index contributed by atoms with van der Waals surface area (Å²) in [6, 6.07) is 0. The van der Waals surface area contributed by atoms with E-state index in [1.807, 2.05) is 13.8 Å². The van der Waals surface area contributed by atoms with Crippen LogP contribution in [0.2, 0.25) is 0 Å². The Morgan fingerprint density at radius 3 is 2.93 bits per heavy atom. The lowest BCUT2D eigenvalue weighted by Gasteiger charge is -2.08. The molecule has 2 N–H and O–H groups in total. The van der Waals surface area contributed by atoms with Crippen molar-refractivity contribution in [1.82, 2.24) is 10.3 Å². The fraction of sp³-hybridized carbons (Fsp3) is 0.600. The molecule has 15 heavy (non-hydrogen) atoms. The summed E-state index contributed by atoms with van der Waals surface area (Å²) in [6.07, 6.45) is 0.933. The van der Waals surface area contributed by atoms with Crippen LogP contribution in [-0.2, 0) is 4.79 Å². The quantitative estimate of drug-likeness (QED) is 0.798. The van der Waals surface area contributed by atoms with Gasteiger partial charge in [0.05, 0.1) is 16.6 Å². The molecule has 0 spiro atoms. The molecule has 2 heterocycles. The molecule has 82 valence electrons. The molecule has 1 saturated heterocycles. The summed E-state index contributed by atoms with van der Waals surface area (Å²) in [6.45, 7) is 5.61. The van der Waals surface area contributed by atoms with E-state index in [-0.39, 0.29) is 11.8 Å². The number of thiazole rings is 1. The van der Waals surface area contributed by atoms with Crippen molar-refractivity contribution in [1.29, 1.82) is 0 Å². The smallest absolute Gasteiger partial charge is 0.229 e. The Morgan fingerprint density at radius 2 is 2.40 bits per heavy atom. The second-order valence-corrected chi connectivity index (χ2v) is 5.03. The average Bonchev–Trinajstić information content (AvgIpc) is 2.76. The molecule has 0 aliphatic carbocycles. The van der Waals surface area contributed by atoms with Crippen molar-refractivity contribution < 1.29 is 4.79 Å². The van der Waals surface area contributed by atoms with Gasteiger partial charge in [-0.25, -0.2) is 4.98 Å². The summed E-state index contributed by atoms with van der Waals surface area (Å²) in [4.78, 5) is 16.1. The van der Waals surface area contributed by atoms with Gasteiger partial charge in [-0.1, -0.05) is 0 Å². The van der Waals surface area contributed by atoms with Crippen molar-refractivity contribution in [2.75, 3.05) is 18.4 Å². The zero-order chi connectivity index (χ0) is 10.8. The SMILES string of the molecule is Cc1nc(C)c(NC(=O)[C@@H]2CCNC2)s1. The van der Waals surface area contributed by atoms with Crippen LogP contribution < -0.4 is 10.6 Å². The number of aryl methyl sites for hydroxylation is 2. The largest absolute Gasteiger partial charge is 0.316 e. The van der Waals surface area contributed by atoms with Crippen molar-refractivity contribution in [3.8, 4) is 0 Å². The summed E-state index contributed by atoms with van der Waals surface area (Å²) in [5.41, 5.74) is 0.914. The van der Waals surface area contributed by atoms with Crippen LogP contribution in [0.5, 0.6) is 0 Å². The molecule has 1 atom stereocenters. The van der Waals surface area contributed by atoms with Crippen molar-refractivity contribution in [2.24, 2.45) is 5.92 Å². The molecule has 1 aromatic heterocycles. The van der Waals surface area contributed by atoms with Crippen molar-refractivity contribution in [2.45, 2.75) is 20.3 Å². The van der Waals surface area contributed by atoms with Gasteiger partial charge in [0.2, 0.25) is 5.91 Å². The van der Waals surface area contributed by atoms with E-state index < -0.39 is 0 Å². The molecule has 1 fully saturated rings. The van der Waals surface area contributed by atoms with Gasteiger partial charge >= 0.3 is 0 Å². The third-order valence-electron chi connectivity index (χ3n) is 2.57. The summed E-state index contributed by atoms with van der Waals surface area (Å²) in [7, 11) is 0. The molecule has 2 rings (SSSR count). The number of rotatable bonds is 2. The van der Waals surface area contributed by atoms with Crippen LogP contribution in [0.3, 0.4) is 0 Å². The maximum atomic E-state index is 11.8. The van der Waals surface area contributed by atoms with E-state index in [4.69, 9.17) is 0 Å². The van der Waals surface area contributed by atoms with Gasteiger partial charge in [-0.2, -0.15) is 0 Å². The van der Waals surface area contributed by atoms with E-state index >= 15 is 0 Å². The number of carbonyl (C=O) groups excluding carboxylic acids is 1. The predicted molar refractivity (Wildman–Crippen MR) is 61.2 cm³/mol. The van der Waals surface area contributed by atoms with Crippen LogP contribution in [0, 0.1) is 19.8 Å². The minimum Gasteiger partial charge on any atom is -0.316 e. The number of amides is 1. The van der Waals surface area contributed by atoms with Gasteiger partial charge in [0, 0.05) is 6.54 Å². The first kappa shape index (κ1) is 10.6. The van der Waals surface area contributed by atoms with E-state index in [1.54, 1.807) is 0 Å². The van der Waals surface area contributed by atoms with Gasteiger partial charge in [0.15, 0.2) is 0 Å². The van der Waals surface area contributed by atoms with Crippen LogP contribution in [0.4, 0.5) is 5.00 Å². The third kappa shape index (κ3) is 2.35. The highest BCUT2D eigenvalue weighted by Crippen LogP contribution is 2.24. The molecule has 1 amide bonds. The van der Waals surface area contributed by atoms with E-state index in [1.165, 1.54) is 11.3 Å². The van der Waals surface area contributed by atoms with E-state index in [0.29, 0.717) is 0 Å². The minimum atomic E-state index is 0.117. The molecule has 1 aliphatic heterocycles. The fourth-order valence-electron chi connectivity index (χ4n) is 1.74. The summed E-state index contributed by atoms with van der Waals surface area (Å²) < 4.78 is 0. The van der Waals surface area contributed by atoms with Crippen LogP contribution in [0.15, 0.2) is 0 Å². The summed E-state index contributed by atoms with van der Waals surface area (Å²) >= 11 is 1.54. The number of aromatic nitrogens is 1. The Morgan fingerprint density at radius 1 is 1.60 bits per heavy atom. The van der Waals surface area contributed by atoms with Gasteiger partial charge in [-0.3, -0.25) is 4.79 Å². The molecule has 0 radical (unpaired) electrons. The van der Waals surface area contributed by atoms with Gasteiger partial charge in [0.1, 0.15) is 5.00 Å². The number of nitrogens with one attached hydrogen (secondary N) is 2. The number of anilines is 1. The van der Waals surface area contributed by atoms with Crippen LogP contribution in [0.25, 0.3) is 0 Å². The molecule has 0 unspecified atom stereocenters. The highest BCUT2D eigenvalue weighted by Gasteiger charge is 2.23. The molecule has 5 heteroatoms. The van der Waals surface area contributed by atoms with Gasteiger partial charge < -0.3 is 10.6 Å². The van der Waals surface area contributed by atoms with E-state index in [9.17, 15) is 4.79 Å². The molecular formula is C10H15N3OS. The monoisotopic (exact) mass is 225 g/mol. The highest BCUT2D eigenvalue weighted by atomic mass is 32.1. The summed E-state index contributed by atoms with van der Waals surface area (Å²) in [5.74, 6) is 0.235. The van der Waals surface area contributed by atoms with Crippen LogP contribution in [-0.4, -0.2) is 24.0 Å². The third-order valence-corrected chi connectivity index (χ3v) is 3.56. The minimum absolute atomic E-state index is 0.117. The predicted octanol–water partition coefficient (Wildman–Crippen LogP) is 1.31. The molecular weight excluding hydrogens is 210 g/mol. The fourth-order valence-corrected chi connectivity index (χ4v) is 2.56. The van der Waals surface area contributed by atoms with E-state index in [2.05, 4.69) is 15.6 Å². The molecule has 0 bridgehead atoms. The Hall–Kier alpha value is -0.940. The summed E-state index contributed by atoms with van der Waals surface area (Å²) in [5, 5.41) is 8.02. The molecule has 4 nitrogen and oxygen atoms in total. The standard InChI is InChI=1S/C10H15N3OS/c1-6-10(15-7(2)12-6)13-9(14)8-3-4-11-5-8/h8,11H,3-5H2,1-2H3,(H,13,14)/t8-/m1/s1. The molecule has 1 aliphatic rings. The van der Waals surface area contributed by atoms with Gasteiger partial charge in [0.25, 0.3) is 0 Å². The number of hydrogen-bond acceptors (Lipinski definition) is 4.